The summed E-state index contributed by atoms with van der Waals surface area (Å²) in [6.45, 7) is 2.32. The van der Waals surface area contributed by atoms with Crippen LogP contribution in [-0.4, -0.2) is 50.6 Å². The molecule has 2 aliphatic rings. The topological polar surface area (TPSA) is 101 Å². The molecule has 0 bridgehead atoms. The second-order valence-corrected chi connectivity index (χ2v) is 8.40. The van der Waals surface area contributed by atoms with Crippen LogP contribution in [0.2, 0.25) is 0 Å². The van der Waals surface area contributed by atoms with Crippen LogP contribution in [-0.2, 0) is 29.5 Å². The van der Waals surface area contributed by atoms with Crippen LogP contribution in [0.15, 0.2) is 24.5 Å². The summed E-state index contributed by atoms with van der Waals surface area (Å²) in [5.41, 5.74) is 3.17. The van der Waals surface area contributed by atoms with Crippen molar-refractivity contribution in [3.8, 4) is 17.2 Å². The van der Waals surface area contributed by atoms with Crippen LogP contribution < -0.4 is 5.32 Å². The third-order valence-electron chi connectivity index (χ3n) is 6.26. The monoisotopic (exact) mass is 449 g/mol. The molecule has 1 fully saturated rings. The van der Waals surface area contributed by atoms with Gasteiger partial charge in [0.15, 0.2) is 11.6 Å². The fourth-order valence-electron chi connectivity index (χ4n) is 4.58. The fourth-order valence-corrected chi connectivity index (χ4v) is 4.58. The van der Waals surface area contributed by atoms with E-state index < -0.39 is 5.82 Å². The van der Waals surface area contributed by atoms with E-state index in [1.54, 1.807) is 41.2 Å². The number of hydrogen-bond donors (Lipinski definition) is 1. The van der Waals surface area contributed by atoms with E-state index in [0.717, 1.165) is 36.9 Å². The summed E-state index contributed by atoms with van der Waals surface area (Å²) < 4.78 is 24.6. The van der Waals surface area contributed by atoms with Crippen LogP contribution in [0.3, 0.4) is 0 Å². The van der Waals surface area contributed by atoms with E-state index in [1.807, 2.05) is 10.8 Å². The van der Waals surface area contributed by atoms with Crippen molar-refractivity contribution in [3.63, 3.8) is 0 Å². The number of aryl methyl sites for hydroxylation is 1. The summed E-state index contributed by atoms with van der Waals surface area (Å²) in [7, 11) is 1.77. The molecule has 33 heavy (non-hydrogen) atoms. The molecule has 170 valence electrons. The van der Waals surface area contributed by atoms with Crippen LogP contribution in [0.5, 0.6) is 0 Å². The summed E-state index contributed by atoms with van der Waals surface area (Å²) in [4.78, 5) is 13.2. The quantitative estimate of drug-likeness (QED) is 0.601. The number of carbonyl (C=O) groups is 1. The van der Waals surface area contributed by atoms with Crippen molar-refractivity contribution in [2.24, 2.45) is 7.05 Å². The lowest BCUT2D eigenvalue weighted by Gasteiger charge is -2.15. The molecule has 0 saturated carbocycles. The second-order valence-electron chi connectivity index (χ2n) is 8.40. The maximum atomic E-state index is 15.4. The Balaban J connectivity index is 1.55. The first-order valence-corrected chi connectivity index (χ1v) is 10.9. The van der Waals surface area contributed by atoms with Gasteiger partial charge in [0.1, 0.15) is 6.07 Å². The Bertz CT molecular complexity index is 1240. The summed E-state index contributed by atoms with van der Waals surface area (Å²) in [5, 5.41) is 21.7. The molecule has 1 amide bonds. The van der Waals surface area contributed by atoms with Gasteiger partial charge in [0, 0.05) is 48.8 Å². The average Bonchev–Trinajstić information content (AvgIpc) is 3.53. The molecule has 3 aromatic rings. The molecule has 2 aliphatic heterocycles. The number of fused-ring (bicyclic) bond motifs is 1. The number of ether oxygens (including phenoxy) is 1. The first-order chi connectivity index (χ1) is 16.1. The zero-order valence-corrected chi connectivity index (χ0v) is 18.3. The van der Waals surface area contributed by atoms with Crippen molar-refractivity contribution in [1.29, 1.82) is 5.26 Å². The molecule has 1 unspecified atom stereocenters. The third kappa shape index (κ3) is 3.85. The van der Waals surface area contributed by atoms with Gasteiger partial charge in [-0.05, 0) is 25.3 Å². The zero-order chi connectivity index (χ0) is 22.9. The van der Waals surface area contributed by atoms with Gasteiger partial charge < -0.3 is 15.0 Å². The number of halogens is 1. The highest BCUT2D eigenvalue weighted by molar-refractivity contribution is 5.75. The SMILES string of the molecule is Cn1cc(-c2ccc(Nc3nn(C4CCOC4)c4c3CN(C=O)CCC4)c(F)c2C#N)cn1. The Morgan fingerprint density at radius 1 is 1.39 bits per heavy atom. The van der Waals surface area contributed by atoms with Crippen LogP contribution in [0, 0.1) is 17.1 Å². The largest absolute Gasteiger partial charge is 0.379 e. The van der Waals surface area contributed by atoms with E-state index in [-0.39, 0.29) is 17.3 Å². The molecule has 5 rings (SSSR count). The van der Waals surface area contributed by atoms with Gasteiger partial charge in [-0.15, -0.1) is 0 Å². The number of benzene rings is 1. The smallest absolute Gasteiger partial charge is 0.210 e. The summed E-state index contributed by atoms with van der Waals surface area (Å²) in [5.74, 6) is -0.144. The lowest BCUT2D eigenvalue weighted by Crippen LogP contribution is -2.21. The Morgan fingerprint density at radius 2 is 2.27 bits per heavy atom. The molecule has 1 aromatic carbocycles. The maximum absolute atomic E-state index is 15.4. The molecular weight excluding hydrogens is 425 g/mol. The van der Waals surface area contributed by atoms with Crippen molar-refractivity contribution in [2.45, 2.75) is 31.8 Å². The van der Waals surface area contributed by atoms with Gasteiger partial charge in [-0.25, -0.2) is 4.39 Å². The molecule has 1 atom stereocenters. The van der Waals surface area contributed by atoms with Crippen LogP contribution in [0.1, 0.15) is 35.7 Å². The van der Waals surface area contributed by atoms with Gasteiger partial charge in [0.05, 0.1) is 36.6 Å². The molecule has 1 N–H and O–H groups in total. The number of amides is 1. The minimum absolute atomic E-state index is 0.0581. The maximum Gasteiger partial charge on any atom is 0.210 e. The number of carbonyl (C=O) groups excluding carboxylic acids is 1. The highest BCUT2D eigenvalue weighted by atomic mass is 19.1. The number of nitriles is 1. The van der Waals surface area contributed by atoms with Gasteiger partial charge >= 0.3 is 0 Å². The molecule has 4 heterocycles. The van der Waals surface area contributed by atoms with Crippen LogP contribution >= 0.6 is 0 Å². The first-order valence-electron chi connectivity index (χ1n) is 10.9. The van der Waals surface area contributed by atoms with E-state index in [2.05, 4.69) is 10.4 Å². The lowest BCUT2D eigenvalue weighted by molar-refractivity contribution is -0.118. The lowest BCUT2D eigenvalue weighted by atomic mass is 10.0. The standard InChI is InChI=1S/C23H24FN7O2/c1-29-11-15(10-26-29)17-4-5-20(22(24)18(17)9-25)27-23-19-12-30(14-32)7-2-3-21(19)31(28-23)16-6-8-33-13-16/h4-5,10-11,14,16H,2-3,6-8,12-13H2,1H3,(H,27,28). The highest BCUT2D eigenvalue weighted by Gasteiger charge is 2.29. The van der Waals surface area contributed by atoms with E-state index in [9.17, 15) is 10.1 Å². The summed E-state index contributed by atoms with van der Waals surface area (Å²) in [6, 6.07) is 5.42. The Morgan fingerprint density at radius 3 is 2.97 bits per heavy atom. The number of anilines is 2. The molecule has 0 radical (unpaired) electrons. The first kappa shape index (κ1) is 21.2. The normalized spacial score (nSPS) is 18.0. The van der Waals surface area contributed by atoms with Gasteiger partial charge in [-0.2, -0.15) is 15.5 Å². The Labute approximate surface area is 190 Å². The average molecular weight is 449 g/mol. The minimum Gasteiger partial charge on any atom is -0.379 e. The van der Waals surface area contributed by atoms with E-state index >= 15 is 4.39 Å². The van der Waals surface area contributed by atoms with Gasteiger partial charge in [0.2, 0.25) is 6.41 Å². The predicted octanol–water partition coefficient (Wildman–Crippen LogP) is 2.90. The van der Waals surface area contributed by atoms with Crippen LogP contribution in [0.4, 0.5) is 15.9 Å². The molecule has 0 spiro atoms. The van der Waals surface area contributed by atoms with Crippen molar-refractivity contribution in [2.75, 3.05) is 25.1 Å². The van der Waals surface area contributed by atoms with Crippen LogP contribution in [0.25, 0.3) is 11.1 Å². The zero-order valence-electron chi connectivity index (χ0n) is 18.3. The van der Waals surface area contributed by atoms with Crippen molar-refractivity contribution in [1.82, 2.24) is 24.5 Å². The highest BCUT2D eigenvalue weighted by Crippen LogP contribution is 2.35. The number of nitrogens with one attached hydrogen (secondary N) is 1. The number of aromatic nitrogens is 4. The van der Waals surface area contributed by atoms with Gasteiger partial charge in [-0.1, -0.05) is 6.07 Å². The molecule has 9 nitrogen and oxygen atoms in total. The number of rotatable bonds is 5. The van der Waals surface area contributed by atoms with Gasteiger partial charge in [0.25, 0.3) is 0 Å². The molecule has 0 aliphatic carbocycles. The predicted molar refractivity (Wildman–Crippen MR) is 118 cm³/mol. The molecule has 2 aromatic heterocycles. The van der Waals surface area contributed by atoms with Gasteiger partial charge in [-0.3, -0.25) is 14.2 Å². The second kappa shape index (κ2) is 8.67. The van der Waals surface area contributed by atoms with Crippen molar-refractivity contribution < 1.29 is 13.9 Å². The van der Waals surface area contributed by atoms with E-state index in [1.165, 1.54) is 0 Å². The fraction of sp³-hybridized carbons (Fsp3) is 0.391. The molecule has 1 saturated heterocycles. The minimum atomic E-state index is -0.646. The van der Waals surface area contributed by atoms with Crippen molar-refractivity contribution in [3.05, 3.63) is 47.2 Å². The van der Waals surface area contributed by atoms with Crippen molar-refractivity contribution >= 4 is 17.9 Å². The third-order valence-corrected chi connectivity index (χ3v) is 6.26. The summed E-state index contributed by atoms with van der Waals surface area (Å²) >= 11 is 0. The van der Waals surface area contributed by atoms with E-state index in [4.69, 9.17) is 9.84 Å². The molecular formula is C23H24FN7O2. The van der Waals surface area contributed by atoms with E-state index in [0.29, 0.717) is 43.2 Å². The summed E-state index contributed by atoms with van der Waals surface area (Å²) in [6.07, 6.45) is 6.64. The Kier molecular flexibility index (Phi) is 5.56. The molecule has 10 heteroatoms. The Hall–Kier alpha value is -3.71. The number of nitrogens with zero attached hydrogens (tertiary/aromatic N) is 6. The number of hydrogen-bond acceptors (Lipinski definition) is 6.